The standard InChI is InChI=1S/C14H13F2N/c1-10-3-2-4-14(5-10)17-9-11-6-12(15)8-13(16)7-11/h2-8,17H,9H2,1H3. The van der Waals surface area contributed by atoms with E-state index in [9.17, 15) is 8.78 Å². The third-order valence-corrected chi connectivity index (χ3v) is 2.44. The molecule has 3 heteroatoms. The third kappa shape index (κ3) is 3.28. The molecule has 0 saturated carbocycles. The first kappa shape index (κ1) is 11.6. The van der Waals surface area contributed by atoms with E-state index in [1.165, 1.54) is 12.1 Å². The normalized spacial score (nSPS) is 10.3. The molecular weight excluding hydrogens is 220 g/mol. The van der Waals surface area contributed by atoms with Gasteiger partial charge in [0.15, 0.2) is 0 Å². The van der Waals surface area contributed by atoms with Gasteiger partial charge in [0.2, 0.25) is 0 Å². The summed E-state index contributed by atoms with van der Waals surface area (Å²) >= 11 is 0. The molecule has 0 atom stereocenters. The highest BCUT2D eigenvalue weighted by molar-refractivity contribution is 5.45. The van der Waals surface area contributed by atoms with Crippen molar-refractivity contribution in [1.29, 1.82) is 0 Å². The molecule has 2 aromatic rings. The van der Waals surface area contributed by atoms with Crippen LogP contribution in [0.2, 0.25) is 0 Å². The van der Waals surface area contributed by atoms with Crippen LogP contribution in [0.25, 0.3) is 0 Å². The molecule has 0 aliphatic rings. The van der Waals surface area contributed by atoms with Gasteiger partial charge in [0.05, 0.1) is 0 Å². The van der Waals surface area contributed by atoms with Crippen LogP contribution in [0.5, 0.6) is 0 Å². The summed E-state index contributed by atoms with van der Waals surface area (Å²) in [7, 11) is 0. The van der Waals surface area contributed by atoms with Crippen molar-refractivity contribution in [3.63, 3.8) is 0 Å². The van der Waals surface area contributed by atoms with E-state index in [0.717, 1.165) is 17.3 Å². The number of benzene rings is 2. The highest BCUT2D eigenvalue weighted by atomic mass is 19.1. The highest BCUT2D eigenvalue weighted by Crippen LogP contribution is 2.13. The Balaban J connectivity index is 2.07. The zero-order valence-electron chi connectivity index (χ0n) is 9.50. The Morgan fingerprint density at radius 3 is 2.35 bits per heavy atom. The fourth-order valence-corrected chi connectivity index (χ4v) is 1.67. The van der Waals surface area contributed by atoms with E-state index in [1.807, 2.05) is 31.2 Å². The first-order chi connectivity index (χ1) is 8.13. The van der Waals surface area contributed by atoms with Crippen molar-refractivity contribution < 1.29 is 8.78 Å². The summed E-state index contributed by atoms with van der Waals surface area (Å²) in [5.74, 6) is -1.10. The maximum atomic E-state index is 13.0. The zero-order chi connectivity index (χ0) is 12.3. The van der Waals surface area contributed by atoms with Crippen LogP contribution in [0.3, 0.4) is 0 Å². The molecule has 0 radical (unpaired) electrons. The van der Waals surface area contributed by atoms with Gasteiger partial charge < -0.3 is 5.32 Å². The molecule has 1 nitrogen and oxygen atoms in total. The number of hydrogen-bond acceptors (Lipinski definition) is 1. The van der Waals surface area contributed by atoms with E-state index in [2.05, 4.69) is 5.32 Å². The van der Waals surface area contributed by atoms with Crippen molar-refractivity contribution in [2.45, 2.75) is 13.5 Å². The van der Waals surface area contributed by atoms with Crippen LogP contribution in [0.4, 0.5) is 14.5 Å². The zero-order valence-corrected chi connectivity index (χ0v) is 9.50. The largest absolute Gasteiger partial charge is 0.381 e. The van der Waals surface area contributed by atoms with Crippen LogP contribution in [0.15, 0.2) is 42.5 Å². The van der Waals surface area contributed by atoms with Crippen LogP contribution in [0.1, 0.15) is 11.1 Å². The summed E-state index contributed by atoms with van der Waals surface area (Å²) in [5.41, 5.74) is 2.67. The Morgan fingerprint density at radius 1 is 1.00 bits per heavy atom. The van der Waals surface area contributed by atoms with E-state index in [1.54, 1.807) is 0 Å². The second kappa shape index (κ2) is 4.95. The summed E-state index contributed by atoms with van der Waals surface area (Å²) in [5, 5.41) is 3.12. The fourth-order valence-electron chi connectivity index (χ4n) is 1.67. The van der Waals surface area contributed by atoms with Gasteiger partial charge >= 0.3 is 0 Å². The summed E-state index contributed by atoms with van der Waals surface area (Å²) in [6, 6.07) is 11.4. The lowest BCUT2D eigenvalue weighted by Crippen LogP contribution is -2.00. The van der Waals surface area contributed by atoms with Gasteiger partial charge in [-0.3, -0.25) is 0 Å². The molecule has 0 aliphatic heterocycles. The van der Waals surface area contributed by atoms with Crippen LogP contribution >= 0.6 is 0 Å². The molecule has 2 rings (SSSR count). The summed E-state index contributed by atoms with van der Waals surface area (Å²) < 4.78 is 25.9. The number of nitrogens with one attached hydrogen (secondary N) is 1. The average Bonchev–Trinajstić information content (AvgIpc) is 2.25. The SMILES string of the molecule is Cc1cccc(NCc2cc(F)cc(F)c2)c1. The summed E-state index contributed by atoms with van der Waals surface area (Å²) in [6.45, 7) is 2.39. The molecule has 2 aromatic carbocycles. The topological polar surface area (TPSA) is 12.0 Å². The minimum atomic E-state index is -0.550. The van der Waals surface area contributed by atoms with Crippen molar-refractivity contribution in [2.75, 3.05) is 5.32 Å². The molecule has 17 heavy (non-hydrogen) atoms. The van der Waals surface area contributed by atoms with Gasteiger partial charge in [-0.1, -0.05) is 12.1 Å². The first-order valence-electron chi connectivity index (χ1n) is 5.39. The molecule has 0 saturated heterocycles. The molecule has 0 aliphatic carbocycles. The van der Waals surface area contributed by atoms with E-state index in [4.69, 9.17) is 0 Å². The summed E-state index contributed by atoms with van der Waals surface area (Å²) in [6.07, 6.45) is 0. The second-order valence-corrected chi connectivity index (χ2v) is 4.00. The van der Waals surface area contributed by atoms with Crippen LogP contribution in [-0.4, -0.2) is 0 Å². The number of rotatable bonds is 3. The number of hydrogen-bond donors (Lipinski definition) is 1. The van der Waals surface area contributed by atoms with Crippen LogP contribution < -0.4 is 5.32 Å². The molecule has 1 N–H and O–H groups in total. The van der Waals surface area contributed by atoms with Crippen molar-refractivity contribution >= 4 is 5.69 Å². The molecule has 0 amide bonds. The van der Waals surface area contributed by atoms with Crippen molar-refractivity contribution in [3.8, 4) is 0 Å². The fraction of sp³-hybridized carbons (Fsp3) is 0.143. The number of anilines is 1. The molecule has 0 fully saturated rings. The van der Waals surface area contributed by atoms with Gasteiger partial charge in [-0.05, 0) is 42.3 Å². The van der Waals surface area contributed by atoms with E-state index < -0.39 is 11.6 Å². The van der Waals surface area contributed by atoms with E-state index in [0.29, 0.717) is 12.1 Å². The van der Waals surface area contributed by atoms with Gasteiger partial charge in [0.1, 0.15) is 11.6 Å². The van der Waals surface area contributed by atoms with Gasteiger partial charge in [0.25, 0.3) is 0 Å². The van der Waals surface area contributed by atoms with Crippen molar-refractivity contribution in [1.82, 2.24) is 0 Å². The Bertz CT molecular complexity index is 503. The third-order valence-electron chi connectivity index (χ3n) is 2.44. The van der Waals surface area contributed by atoms with Gasteiger partial charge in [0, 0.05) is 18.3 Å². The Labute approximate surface area is 99.1 Å². The van der Waals surface area contributed by atoms with E-state index in [-0.39, 0.29) is 0 Å². The van der Waals surface area contributed by atoms with Crippen LogP contribution in [-0.2, 0) is 6.54 Å². The first-order valence-corrected chi connectivity index (χ1v) is 5.39. The Kier molecular flexibility index (Phi) is 3.38. The highest BCUT2D eigenvalue weighted by Gasteiger charge is 2.00. The molecule has 0 heterocycles. The lowest BCUT2D eigenvalue weighted by molar-refractivity contribution is 0.580. The predicted molar refractivity (Wildman–Crippen MR) is 64.9 cm³/mol. The lowest BCUT2D eigenvalue weighted by atomic mass is 10.2. The maximum Gasteiger partial charge on any atom is 0.126 e. The minimum absolute atomic E-state index is 0.401. The smallest absolute Gasteiger partial charge is 0.126 e. The van der Waals surface area contributed by atoms with Crippen molar-refractivity contribution in [3.05, 3.63) is 65.2 Å². The molecule has 0 bridgehead atoms. The maximum absolute atomic E-state index is 13.0. The van der Waals surface area contributed by atoms with Gasteiger partial charge in [-0.25, -0.2) is 8.78 Å². The molecular formula is C14H13F2N. The van der Waals surface area contributed by atoms with Crippen molar-refractivity contribution in [2.24, 2.45) is 0 Å². The molecule has 0 aromatic heterocycles. The molecule has 88 valence electrons. The monoisotopic (exact) mass is 233 g/mol. The van der Waals surface area contributed by atoms with Gasteiger partial charge in [-0.15, -0.1) is 0 Å². The van der Waals surface area contributed by atoms with Gasteiger partial charge in [-0.2, -0.15) is 0 Å². The second-order valence-electron chi connectivity index (χ2n) is 4.00. The number of aryl methyl sites for hydroxylation is 1. The predicted octanol–water partition coefficient (Wildman–Crippen LogP) is 3.89. The van der Waals surface area contributed by atoms with Crippen LogP contribution in [0, 0.1) is 18.6 Å². The summed E-state index contributed by atoms with van der Waals surface area (Å²) in [4.78, 5) is 0. The lowest BCUT2D eigenvalue weighted by Gasteiger charge is -2.07. The molecule has 0 spiro atoms. The quantitative estimate of drug-likeness (QED) is 0.848. The number of halogens is 2. The Hall–Kier alpha value is -1.90. The minimum Gasteiger partial charge on any atom is -0.381 e. The Morgan fingerprint density at radius 2 is 1.71 bits per heavy atom. The average molecular weight is 233 g/mol. The molecule has 0 unspecified atom stereocenters. The van der Waals surface area contributed by atoms with E-state index >= 15 is 0 Å².